The second-order valence-corrected chi connectivity index (χ2v) is 9.29. The molecule has 0 aliphatic carbocycles. The van der Waals surface area contributed by atoms with Crippen molar-refractivity contribution >= 4 is 26.6 Å². The second-order valence-electron chi connectivity index (χ2n) is 7.54. The van der Waals surface area contributed by atoms with Crippen LogP contribution in [0.25, 0.3) is 22.0 Å². The average Bonchev–Trinajstić information content (AvgIpc) is 3.02. The molecule has 0 aliphatic rings. The van der Waals surface area contributed by atoms with Gasteiger partial charge in [0.15, 0.2) is 5.69 Å². The molecule has 11 heteroatoms. The number of pyridine rings is 1. The molecule has 2 heterocycles. The molecule has 7 nitrogen and oxygen atoms in total. The van der Waals surface area contributed by atoms with E-state index in [9.17, 15) is 26.4 Å². The zero-order chi connectivity index (χ0) is 23.1. The lowest BCUT2D eigenvalue weighted by Gasteiger charge is -2.13. The minimum Gasteiger partial charge on any atom is -0.318 e. The van der Waals surface area contributed by atoms with Crippen LogP contribution in [0.3, 0.4) is 0 Å². The Morgan fingerprint density at radius 3 is 2.39 bits per heavy atom. The summed E-state index contributed by atoms with van der Waals surface area (Å²) < 4.78 is 69.9. The Labute approximate surface area is 177 Å². The highest BCUT2D eigenvalue weighted by Crippen LogP contribution is 2.40. The third kappa shape index (κ3) is 4.76. The summed E-state index contributed by atoms with van der Waals surface area (Å²) in [6.07, 6.45) is -0.990. The molecule has 0 aliphatic heterocycles. The summed E-state index contributed by atoms with van der Waals surface area (Å²) in [6, 6.07) is 4.49. The molecule has 0 radical (unpaired) electrons. The maximum absolute atomic E-state index is 13.7. The summed E-state index contributed by atoms with van der Waals surface area (Å²) in [4.78, 5) is 12.0. The number of aryl methyl sites for hydroxylation is 3. The number of sulfonamides is 1. The van der Waals surface area contributed by atoms with Crippen LogP contribution in [-0.2, 0) is 29.8 Å². The van der Waals surface area contributed by atoms with E-state index in [4.69, 9.17) is 0 Å². The van der Waals surface area contributed by atoms with Crippen LogP contribution in [0.5, 0.6) is 0 Å². The number of aromatic nitrogens is 3. The molecule has 0 amide bonds. The molecule has 0 saturated carbocycles. The van der Waals surface area contributed by atoms with E-state index < -0.39 is 21.9 Å². The van der Waals surface area contributed by atoms with Gasteiger partial charge in [-0.25, -0.2) is 8.42 Å². The molecule has 3 rings (SSSR count). The fraction of sp³-hybridized carbons (Fsp3) is 0.400. The van der Waals surface area contributed by atoms with Crippen LogP contribution in [0, 0.1) is 6.92 Å². The Bertz CT molecular complexity index is 1280. The Morgan fingerprint density at radius 1 is 1.16 bits per heavy atom. The van der Waals surface area contributed by atoms with Crippen molar-refractivity contribution in [1.29, 1.82) is 0 Å². The molecule has 168 valence electrons. The SMILES string of the molecule is CCCCn1nc(C(F)(F)F)c2c(NS(C)(=O)=O)cc(-c3cc(C)c(=O)n(C)c3)cc21. The van der Waals surface area contributed by atoms with E-state index in [0.29, 0.717) is 23.1 Å². The quantitative estimate of drug-likeness (QED) is 0.610. The van der Waals surface area contributed by atoms with Crippen LogP contribution < -0.4 is 10.3 Å². The monoisotopic (exact) mass is 456 g/mol. The Morgan fingerprint density at radius 2 is 1.84 bits per heavy atom. The van der Waals surface area contributed by atoms with Crippen LogP contribution >= 0.6 is 0 Å². The summed E-state index contributed by atoms with van der Waals surface area (Å²) in [5, 5.41) is 3.47. The van der Waals surface area contributed by atoms with E-state index in [0.717, 1.165) is 12.7 Å². The van der Waals surface area contributed by atoms with Gasteiger partial charge in [0.2, 0.25) is 10.0 Å². The third-order valence-corrected chi connectivity index (χ3v) is 5.43. The van der Waals surface area contributed by atoms with Gasteiger partial charge in [-0.2, -0.15) is 18.3 Å². The number of benzene rings is 1. The molecular formula is C20H23F3N4O3S. The van der Waals surface area contributed by atoms with Gasteiger partial charge in [-0.15, -0.1) is 0 Å². The lowest BCUT2D eigenvalue weighted by atomic mass is 10.0. The van der Waals surface area contributed by atoms with Crippen LogP contribution in [0.15, 0.2) is 29.2 Å². The molecule has 0 atom stereocenters. The molecule has 0 bridgehead atoms. The number of fused-ring (bicyclic) bond motifs is 1. The van der Waals surface area contributed by atoms with Crippen molar-refractivity contribution in [2.45, 2.75) is 39.4 Å². The van der Waals surface area contributed by atoms with E-state index in [1.165, 1.54) is 15.3 Å². The van der Waals surface area contributed by atoms with E-state index >= 15 is 0 Å². The number of hydrogen-bond donors (Lipinski definition) is 1. The number of rotatable bonds is 6. The lowest BCUT2D eigenvalue weighted by Crippen LogP contribution is -2.18. The maximum atomic E-state index is 13.7. The molecule has 1 N–H and O–H groups in total. The summed E-state index contributed by atoms with van der Waals surface area (Å²) in [5.41, 5.74) is 0.0823. The van der Waals surface area contributed by atoms with Crippen molar-refractivity contribution in [3.63, 3.8) is 0 Å². The van der Waals surface area contributed by atoms with Crippen LogP contribution in [0.1, 0.15) is 31.0 Å². The molecule has 0 spiro atoms. The number of alkyl halides is 3. The number of unbranched alkanes of at least 4 members (excludes halogenated alkanes) is 1. The minimum absolute atomic E-state index is 0.163. The highest BCUT2D eigenvalue weighted by Gasteiger charge is 2.38. The van der Waals surface area contributed by atoms with Gasteiger partial charge < -0.3 is 4.57 Å². The summed E-state index contributed by atoms with van der Waals surface area (Å²) in [6.45, 7) is 3.79. The summed E-state index contributed by atoms with van der Waals surface area (Å²) in [7, 11) is -2.30. The van der Waals surface area contributed by atoms with Crippen LogP contribution in [0.2, 0.25) is 0 Å². The number of halogens is 3. The molecule has 2 aromatic heterocycles. The van der Waals surface area contributed by atoms with Crippen molar-refractivity contribution in [3.05, 3.63) is 46.0 Å². The molecule has 0 fully saturated rings. The van der Waals surface area contributed by atoms with Gasteiger partial charge in [0.1, 0.15) is 0 Å². The number of nitrogens with zero attached hydrogens (tertiary/aromatic N) is 3. The average molecular weight is 456 g/mol. The lowest BCUT2D eigenvalue weighted by molar-refractivity contribution is -0.140. The fourth-order valence-corrected chi connectivity index (χ4v) is 4.02. The van der Waals surface area contributed by atoms with Gasteiger partial charge in [-0.1, -0.05) is 13.3 Å². The highest BCUT2D eigenvalue weighted by atomic mass is 32.2. The van der Waals surface area contributed by atoms with Crippen molar-refractivity contribution in [2.75, 3.05) is 11.0 Å². The second kappa shape index (κ2) is 8.03. The molecular weight excluding hydrogens is 433 g/mol. The van der Waals surface area contributed by atoms with Gasteiger partial charge in [-0.3, -0.25) is 14.2 Å². The van der Waals surface area contributed by atoms with Gasteiger partial charge >= 0.3 is 6.18 Å². The molecule has 0 saturated heterocycles. The van der Waals surface area contributed by atoms with Crippen molar-refractivity contribution in [3.8, 4) is 11.1 Å². The van der Waals surface area contributed by atoms with Crippen molar-refractivity contribution in [2.24, 2.45) is 7.05 Å². The minimum atomic E-state index is -4.77. The first-order valence-electron chi connectivity index (χ1n) is 9.59. The van der Waals surface area contributed by atoms with E-state index in [1.807, 2.05) is 6.92 Å². The largest absolute Gasteiger partial charge is 0.435 e. The fourth-order valence-electron chi connectivity index (χ4n) is 3.46. The first-order chi connectivity index (χ1) is 14.3. The van der Waals surface area contributed by atoms with Crippen LogP contribution in [-0.4, -0.2) is 29.0 Å². The first-order valence-corrected chi connectivity index (χ1v) is 11.5. The Balaban J connectivity index is 2.40. The molecule has 3 aromatic rings. The van der Waals surface area contributed by atoms with Gasteiger partial charge in [0.05, 0.1) is 22.8 Å². The number of anilines is 1. The summed E-state index contributed by atoms with van der Waals surface area (Å²) in [5.74, 6) is 0. The molecule has 1 aromatic carbocycles. The summed E-state index contributed by atoms with van der Waals surface area (Å²) >= 11 is 0. The maximum Gasteiger partial charge on any atom is 0.435 e. The first kappa shape index (κ1) is 22.9. The van der Waals surface area contributed by atoms with Gasteiger partial charge in [0, 0.05) is 25.4 Å². The van der Waals surface area contributed by atoms with Crippen molar-refractivity contribution in [1.82, 2.24) is 14.3 Å². The normalized spacial score (nSPS) is 12.5. The topological polar surface area (TPSA) is 86.0 Å². The van der Waals surface area contributed by atoms with Gasteiger partial charge in [-0.05, 0) is 42.7 Å². The van der Waals surface area contributed by atoms with E-state index in [2.05, 4.69) is 9.82 Å². The predicted octanol–water partition coefficient (Wildman–Crippen LogP) is 3.90. The third-order valence-electron chi connectivity index (χ3n) is 4.84. The molecule has 0 unspecified atom stereocenters. The number of hydrogen-bond acceptors (Lipinski definition) is 4. The Kier molecular flexibility index (Phi) is 5.92. The van der Waals surface area contributed by atoms with Crippen LogP contribution in [0.4, 0.5) is 18.9 Å². The highest BCUT2D eigenvalue weighted by molar-refractivity contribution is 7.92. The van der Waals surface area contributed by atoms with Gasteiger partial charge in [0.25, 0.3) is 5.56 Å². The van der Waals surface area contributed by atoms with Crippen molar-refractivity contribution < 1.29 is 21.6 Å². The zero-order valence-electron chi connectivity index (χ0n) is 17.5. The predicted molar refractivity (Wildman–Crippen MR) is 114 cm³/mol. The van der Waals surface area contributed by atoms with E-state index in [1.54, 1.807) is 32.3 Å². The van der Waals surface area contributed by atoms with E-state index in [-0.39, 0.29) is 28.7 Å². The Hall–Kier alpha value is -2.82. The smallest absolute Gasteiger partial charge is 0.318 e. The standard InChI is InChI=1S/C20H23F3N4O3S/c1-5-6-7-27-16-10-13(14-8-12(2)19(28)26(3)11-14)9-15(25-31(4,29)30)17(16)18(24-27)20(21,22)23/h8-11,25H,5-7H2,1-4H3. The molecule has 31 heavy (non-hydrogen) atoms. The zero-order valence-corrected chi connectivity index (χ0v) is 18.4. The number of nitrogens with one attached hydrogen (secondary N) is 1.